The highest BCUT2D eigenvalue weighted by Gasteiger charge is 2.19. The molecule has 0 aliphatic carbocycles. The first kappa shape index (κ1) is 29.5. The fraction of sp³-hybridized carbons (Fsp3) is 0.250. The maximum atomic E-state index is 12.8. The Bertz CT molecular complexity index is 1250. The van der Waals surface area contributed by atoms with Gasteiger partial charge in [-0.05, 0) is 42.1 Å². The van der Waals surface area contributed by atoms with Crippen molar-refractivity contribution in [1.82, 2.24) is 15.2 Å². The molecular weight excluding hydrogens is 536 g/mol. The predicted molar refractivity (Wildman–Crippen MR) is 145 cm³/mol. The van der Waals surface area contributed by atoms with E-state index in [0.717, 1.165) is 16.2 Å². The van der Waals surface area contributed by atoms with Gasteiger partial charge in [-0.2, -0.15) is 5.10 Å². The van der Waals surface area contributed by atoms with Gasteiger partial charge in [-0.15, -0.1) is 0 Å². The first-order valence-corrected chi connectivity index (χ1v) is 14.1. The average Bonchev–Trinajstić information content (AvgIpc) is 3.39. The maximum Gasteiger partial charge on any atom is 0.261 e. The van der Waals surface area contributed by atoms with E-state index in [-0.39, 0.29) is 10.6 Å². The summed E-state index contributed by atoms with van der Waals surface area (Å²) in [6.45, 7) is 12.0. The van der Waals surface area contributed by atoms with E-state index in [0.29, 0.717) is 26.5 Å². The molecule has 3 N–H and O–H groups in total. The third-order valence-electron chi connectivity index (χ3n) is 3.95. The van der Waals surface area contributed by atoms with Gasteiger partial charge in [0.2, 0.25) is 0 Å². The lowest BCUT2D eigenvalue weighted by Crippen LogP contribution is -2.13. The van der Waals surface area contributed by atoms with Gasteiger partial charge < -0.3 is 5.11 Å². The topological polar surface area (TPSA) is 108 Å². The molecule has 7 nitrogen and oxygen atoms in total. The van der Waals surface area contributed by atoms with Crippen LogP contribution in [-0.4, -0.2) is 28.7 Å². The molecule has 0 saturated heterocycles. The SMILES string of the molecule is CC.CC.CC.O=S(=O)(Nc1cc(Sc2ncn[nH]2)c(O)c2ccccc12)c1ccc(Br)cc1. The zero-order valence-corrected chi connectivity index (χ0v) is 23.3. The molecule has 0 spiro atoms. The van der Waals surface area contributed by atoms with Crippen molar-refractivity contribution in [1.29, 1.82) is 0 Å². The summed E-state index contributed by atoms with van der Waals surface area (Å²) in [5.41, 5.74) is 0.360. The Hall–Kier alpha value is -2.56. The van der Waals surface area contributed by atoms with Crippen molar-refractivity contribution in [2.24, 2.45) is 0 Å². The molecule has 10 heteroatoms. The highest BCUT2D eigenvalue weighted by Crippen LogP contribution is 2.42. The standard InChI is InChI=1S/C18H13BrN4O3S2.3C2H6/c19-11-5-7-12(8-6-11)28(25,26)23-15-9-16(27-18-20-10-21-22-18)17(24)14-4-2-1-3-13(14)15;3*1-2/h1-10,23-24H,(H,20,21,22);3*1-2H3. The Kier molecular flexibility index (Phi) is 12.7. The van der Waals surface area contributed by atoms with Crippen LogP contribution >= 0.6 is 27.7 Å². The van der Waals surface area contributed by atoms with E-state index in [1.807, 2.05) is 41.5 Å². The molecule has 0 aliphatic rings. The van der Waals surface area contributed by atoms with Gasteiger partial charge in [0.05, 0.1) is 15.5 Å². The quantitative estimate of drug-likeness (QED) is 0.216. The van der Waals surface area contributed by atoms with Crippen LogP contribution in [-0.2, 0) is 10.0 Å². The number of halogens is 1. The van der Waals surface area contributed by atoms with E-state index >= 15 is 0 Å². The number of fused-ring (bicyclic) bond motifs is 1. The largest absolute Gasteiger partial charge is 0.506 e. The maximum absolute atomic E-state index is 12.8. The van der Waals surface area contributed by atoms with Crippen LogP contribution < -0.4 is 4.72 Å². The summed E-state index contributed by atoms with van der Waals surface area (Å²) in [4.78, 5) is 4.62. The molecule has 0 unspecified atom stereocenters. The van der Waals surface area contributed by atoms with Gasteiger partial charge in [0.25, 0.3) is 10.0 Å². The number of hydrogen-bond acceptors (Lipinski definition) is 6. The van der Waals surface area contributed by atoms with Crippen LogP contribution in [0.5, 0.6) is 5.75 Å². The van der Waals surface area contributed by atoms with Crippen LogP contribution in [0, 0.1) is 0 Å². The third kappa shape index (κ3) is 7.48. The second-order valence-electron chi connectivity index (χ2n) is 5.77. The van der Waals surface area contributed by atoms with Gasteiger partial charge in [-0.3, -0.25) is 9.82 Å². The summed E-state index contributed by atoms with van der Waals surface area (Å²) >= 11 is 4.45. The lowest BCUT2D eigenvalue weighted by molar-refractivity contribution is 0.469. The Morgan fingerprint density at radius 2 is 1.53 bits per heavy atom. The van der Waals surface area contributed by atoms with Crippen molar-refractivity contribution >= 4 is 54.2 Å². The van der Waals surface area contributed by atoms with Crippen LogP contribution in [0.25, 0.3) is 10.8 Å². The van der Waals surface area contributed by atoms with E-state index in [4.69, 9.17) is 0 Å². The lowest BCUT2D eigenvalue weighted by Gasteiger charge is -2.14. The molecule has 0 saturated carbocycles. The summed E-state index contributed by atoms with van der Waals surface area (Å²) < 4.78 is 29.1. The molecule has 1 heterocycles. The Morgan fingerprint density at radius 1 is 0.941 bits per heavy atom. The van der Waals surface area contributed by atoms with Gasteiger partial charge in [-0.25, -0.2) is 13.4 Å². The van der Waals surface area contributed by atoms with E-state index < -0.39 is 10.0 Å². The molecule has 3 aromatic carbocycles. The van der Waals surface area contributed by atoms with E-state index in [9.17, 15) is 13.5 Å². The minimum Gasteiger partial charge on any atom is -0.506 e. The second-order valence-corrected chi connectivity index (χ2v) is 9.40. The Morgan fingerprint density at radius 3 is 2.09 bits per heavy atom. The molecule has 4 rings (SSSR count). The highest BCUT2D eigenvalue weighted by molar-refractivity contribution is 9.10. The minimum absolute atomic E-state index is 0.0450. The van der Waals surface area contributed by atoms with Crippen LogP contribution in [0.2, 0.25) is 0 Å². The van der Waals surface area contributed by atoms with Gasteiger partial charge >= 0.3 is 0 Å². The van der Waals surface area contributed by atoms with Gasteiger partial charge in [0.15, 0.2) is 5.16 Å². The van der Waals surface area contributed by atoms with Crippen LogP contribution in [0.3, 0.4) is 0 Å². The van der Waals surface area contributed by atoms with Crippen LogP contribution in [0.1, 0.15) is 41.5 Å². The van der Waals surface area contributed by atoms with Crippen molar-refractivity contribution in [3.8, 4) is 5.75 Å². The summed E-state index contributed by atoms with van der Waals surface area (Å²) in [5.74, 6) is 0.0450. The van der Waals surface area contributed by atoms with Gasteiger partial charge in [-0.1, -0.05) is 81.7 Å². The number of phenols is 1. The highest BCUT2D eigenvalue weighted by atomic mass is 79.9. The summed E-state index contributed by atoms with van der Waals surface area (Å²) in [7, 11) is -3.81. The molecule has 0 atom stereocenters. The number of rotatable bonds is 5. The number of aromatic amines is 1. The van der Waals surface area contributed by atoms with Crippen molar-refractivity contribution in [3.63, 3.8) is 0 Å². The monoisotopic (exact) mass is 566 g/mol. The number of nitrogens with one attached hydrogen (secondary N) is 2. The number of H-pyrrole nitrogens is 1. The fourth-order valence-corrected chi connectivity index (χ4v) is 4.79. The third-order valence-corrected chi connectivity index (χ3v) is 6.78. The second kappa shape index (κ2) is 14.6. The first-order valence-electron chi connectivity index (χ1n) is 11.0. The summed E-state index contributed by atoms with van der Waals surface area (Å²) in [6.07, 6.45) is 1.36. The van der Waals surface area contributed by atoms with Crippen molar-refractivity contribution in [2.45, 2.75) is 56.5 Å². The normalized spacial score (nSPS) is 10.1. The molecule has 0 amide bonds. The fourth-order valence-electron chi connectivity index (χ4n) is 2.66. The first-order chi connectivity index (χ1) is 16.4. The lowest BCUT2D eigenvalue weighted by atomic mass is 10.1. The zero-order chi connectivity index (χ0) is 25.7. The van der Waals surface area contributed by atoms with E-state index in [2.05, 4.69) is 35.8 Å². The number of anilines is 1. The molecule has 0 bridgehead atoms. The van der Waals surface area contributed by atoms with Crippen molar-refractivity contribution in [3.05, 3.63) is 65.4 Å². The number of sulfonamides is 1. The number of benzene rings is 3. The molecule has 184 valence electrons. The predicted octanol–water partition coefficient (Wildman–Crippen LogP) is 7.46. The zero-order valence-electron chi connectivity index (χ0n) is 20.1. The Balaban J connectivity index is 0.000000894. The van der Waals surface area contributed by atoms with Gasteiger partial charge in [0, 0.05) is 15.2 Å². The number of hydrogen-bond donors (Lipinski definition) is 3. The van der Waals surface area contributed by atoms with Crippen LogP contribution in [0.4, 0.5) is 5.69 Å². The molecule has 1 aromatic heterocycles. The molecule has 0 radical (unpaired) electrons. The van der Waals surface area contributed by atoms with Crippen LogP contribution in [0.15, 0.2) is 80.3 Å². The van der Waals surface area contributed by atoms with Crippen molar-refractivity contribution in [2.75, 3.05) is 4.72 Å². The van der Waals surface area contributed by atoms with E-state index in [1.165, 1.54) is 18.5 Å². The number of nitrogens with zero attached hydrogens (tertiary/aromatic N) is 2. The molecular formula is C24H31BrN4O3S2. The molecule has 0 aliphatic heterocycles. The number of aromatic hydroxyl groups is 1. The van der Waals surface area contributed by atoms with E-state index in [1.54, 1.807) is 42.5 Å². The molecule has 0 fully saturated rings. The number of aromatic nitrogens is 3. The Labute approximate surface area is 214 Å². The van der Waals surface area contributed by atoms with Crippen molar-refractivity contribution < 1.29 is 13.5 Å². The smallest absolute Gasteiger partial charge is 0.261 e. The van der Waals surface area contributed by atoms with Gasteiger partial charge in [0.1, 0.15) is 12.1 Å². The molecule has 34 heavy (non-hydrogen) atoms. The summed E-state index contributed by atoms with van der Waals surface area (Å²) in [6, 6.07) is 15.0. The summed E-state index contributed by atoms with van der Waals surface area (Å²) in [5, 5.41) is 18.7. The average molecular weight is 568 g/mol. The number of phenolic OH excluding ortho intramolecular Hbond substituents is 1. The molecule has 4 aromatic rings. The minimum atomic E-state index is -3.81.